The van der Waals surface area contributed by atoms with Crippen LogP contribution in [0.25, 0.3) is 10.9 Å². The van der Waals surface area contributed by atoms with E-state index in [-0.39, 0.29) is 0 Å². The number of hydrogen-bond donors (Lipinski definition) is 0. The second-order valence-corrected chi connectivity index (χ2v) is 5.33. The normalized spacial score (nSPS) is 11.1. The summed E-state index contributed by atoms with van der Waals surface area (Å²) < 4.78 is 2.27. The molecule has 74 valence electrons. The lowest BCUT2D eigenvalue weighted by Gasteiger charge is -2.03. The highest BCUT2D eigenvalue weighted by Crippen LogP contribution is 2.29. The van der Waals surface area contributed by atoms with E-state index in [1.54, 1.807) is 9.12 Å². The van der Waals surface area contributed by atoms with Crippen molar-refractivity contribution in [2.75, 3.05) is 0 Å². The van der Waals surface area contributed by atoms with Gasteiger partial charge in [-0.05, 0) is 50.1 Å². The summed E-state index contributed by atoms with van der Waals surface area (Å²) in [5, 5.41) is 1.34. The number of rotatable bonds is 1. The van der Waals surface area contributed by atoms with Crippen LogP contribution < -0.4 is 0 Å². The van der Waals surface area contributed by atoms with E-state index in [1.807, 2.05) is 0 Å². The van der Waals surface area contributed by atoms with Crippen molar-refractivity contribution in [3.8, 4) is 0 Å². The summed E-state index contributed by atoms with van der Waals surface area (Å²) in [4.78, 5) is 0. The first-order chi connectivity index (χ1) is 6.63. The Hall–Kier alpha value is -0.160. The number of nitrogens with zero attached hydrogens (tertiary/aromatic N) is 1. The molecule has 1 aromatic carbocycles. The molecule has 0 aliphatic heterocycles. The molecule has 3 heteroatoms. The molecular formula is C11H12INS. The van der Waals surface area contributed by atoms with Crippen LogP contribution in [0.15, 0.2) is 18.2 Å². The number of aromatic nitrogens is 1. The molecule has 0 N–H and O–H groups in total. The van der Waals surface area contributed by atoms with E-state index in [0.717, 1.165) is 0 Å². The summed E-state index contributed by atoms with van der Waals surface area (Å²) in [5.41, 5.74) is 5.37. The van der Waals surface area contributed by atoms with E-state index < -0.39 is 0 Å². The third kappa shape index (κ3) is 1.56. The van der Waals surface area contributed by atoms with Gasteiger partial charge in [-0.1, -0.05) is 0 Å². The molecule has 1 nitrogen and oxygen atoms in total. The second kappa shape index (κ2) is 3.77. The number of halogens is 1. The van der Waals surface area contributed by atoms with Gasteiger partial charge in [0.15, 0.2) is 0 Å². The van der Waals surface area contributed by atoms with Crippen LogP contribution >= 0.6 is 30.3 Å². The van der Waals surface area contributed by atoms with Crippen molar-refractivity contribution in [2.24, 2.45) is 0 Å². The Morgan fingerprint density at radius 1 is 1.07 bits per heavy atom. The van der Waals surface area contributed by atoms with Crippen molar-refractivity contribution in [2.45, 2.75) is 20.8 Å². The lowest BCUT2D eigenvalue weighted by atomic mass is 10.1. The first-order valence-electron chi connectivity index (χ1n) is 4.52. The molecule has 0 radical (unpaired) electrons. The van der Waals surface area contributed by atoms with Gasteiger partial charge in [0.2, 0.25) is 0 Å². The molecule has 0 amide bonds. The zero-order valence-corrected chi connectivity index (χ0v) is 11.4. The van der Waals surface area contributed by atoms with Gasteiger partial charge >= 0.3 is 0 Å². The van der Waals surface area contributed by atoms with Gasteiger partial charge in [0.1, 0.15) is 0 Å². The van der Waals surface area contributed by atoms with Gasteiger partial charge in [0.05, 0.1) is 5.52 Å². The lowest BCUT2D eigenvalue weighted by molar-refractivity contribution is 1.22. The van der Waals surface area contributed by atoms with E-state index in [1.165, 1.54) is 27.7 Å². The zero-order chi connectivity index (χ0) is 10.3. The molecule has 2 rings (SSSR count). The highest BCUT2D eigenvalue weighted by molar-refractivity contribution is 14.2. The van der Waals surface area contributed by atoms with Gasteiger partial charge in [-0.2, -0.15) is 0 Å². The minimum Gasteiger partial charge on any atom is -0.280 e. The predicted molar refractivity (Wildman–Crippen MR) is 73.2 cm³/mol. The lowest BCUT2D eigenvalue weighted by Crippen LogP contribution is -1.86. The average Bonchev–Trinajstić information content (AvgIpc) is 2.42. The summed E-state index contributed by atoms with van der Waals surface area (Å²) in [6.07, 6.45) is 0. The molecule has 1 heterocycles. The van der Waals surface area contributed by atoms with Crippen molar-refractivity contribution >= 4 is 41.2 Å². The van der Waals surface area contributed by atoms with E-state index in [0.29, 0.717) is 0 Å². The van der Waals surface area contributed by atoms with E-state index in [2.05, 4.69) is 64.1 Å². The van der Waals surface area contributed by atoms with Crippen molar-refractivity contribution in [1.82, 2.24) is 3.97 Å². The van der Waals surface area contributed by atoms with Gasteiger partial charge in [-0.25, -0.2) is 0 Å². The van der Waals surface area contributed by atoms with Crippen LogP contribution in [0.4, 0.5) is 0 Å². The molecule has 0 atom stereocenters. The smallest absolute Gasteiger partial charge is 0.0604 e. The topological polar surface area (TPSA) is 4.93 Å². The molecule has 0 spiro atoms. The van der Waals surface area contributed by atoms with E-state index in [9.17, 15) is 0 Å². The largest absolute Gasteiger partial charge is 0.280 e. The van der Waals surface area contributed by atoms with Crippen LogP contribution in [0.3, 0.4) is 0 Å². The fourth-order valence-corrected chi connectivity index (χ4v) is 3.64. The maximum Gasteiger partial charge on any atom is 0.0604 e. The third-order valence-electron chi connectivity index (χ3n) is 2.62. The highest BCUT2D eigenvalue weighted by Gasteiger charge is 2.06. The molecule has 0 bridgehead atoms. The SMILES string of the molecule is Cc1cc2cc(C)n(SI)c2cc1C. The Morgan fingerprint density at radius 2 is 1.71 bits per heavy atom. The number of fused-ring (bicyclic) bond motifs is 1. The van der Waals surface area contributed by atoms with Gasteiger partial charge < -0.3 is 0 Å². The van der Waals surface area contributed by atoms with Crippen LogP contribution in [-0.2, 0) is 0 Å². The zero-order valence-electron chi connectivity index (χ0n) is 8.47. The first kappa shape index (κ1) is 10.4. The summed E-state index contributed by atoms with van der Waals surface area (Å²) in [6.45, 7) is 6.48. The van der Waals surface area contributed by atoms with Gasteiger partial charge in [-0.15, -0.1) is 0 Å². The van der Waals surface area contributed by atoms with Gasteiger partial charge in [-0.3, -0.25) is 3.97 Å². The fourth-order valence-electron chi connectivity index (χ4n) is 1.68. The minimum atomic E-state index is 1.31. The van der Waals surface area contributed by atoms with Crippen LogP contribution in [-0.4, -0.2) is 3.97 Å². The Kier molecular flexibility index (Phi) is 2.79. The van der Waals surface area contributed by atoms with Crippen molar-refractivity contribution < 1.29 is 0 Å². The maximum atomic E-state index is 2.32. The molecular weight excluding hydrogens is 305 g/mol. The Morgan fingerprint density at radius 3 is 2.36 bits per heavy atom. The van der Waals surface area contributed by atoms with Crippen molar-refractivity contribution in [3.05, 3.63) is 35.0 Å². The van der Waals surface area contributed by atoms with Crippen molar-refractivity contribution in [1.29, 1.82) is 0 Å². The highest BCUT2D eigenvalue weighted by atomic mass is 127. The maximum absolute atomic E-state index is 2.32. The fraction of sp³-hybridized carbons (Fsp3) is 0.273. The summed E-state index contributed by atoms with van der Waals surface area (Å²) >= 11 is 2.32. The molecule has 1 aromatic heterocycles. The molecule has 0 saturated heterocycles. The van der Waals surface area contributed by atoms with Crippen LogP contribution in [0.5, 0.6) is 0 Å². The number of aryl methyl sites for hydroxylation is 3. The third-order valence-corrected chi connectivity index (χ3v) is 4.42. The second-order valence-electron chi connectivity index (χ2n) is 3.64. The summed E-state index contributed by atoms with van der Waals surface area (Å²) in [6, 6.07) is 6.78. The summed E-state index contributed by atoms with van der Waals surface area (Å²) in [7, 11) is 1.73. The standard InChI is InChI=1S/C11H12INS/c1-7-4-10-6-9(3)13(14-12)11(10)5-8(7)2/h4-6H,1-3H3. The average molecular weight is 317 g/mol. The monoisotopic (exact) mass is 317 g/mol. The van der Waals surface area contributed by atoms with Crippen LogP contribution in [0.2, 0.25) is 0 Å². The minimum absolute atomic E-state index is 1.31. The molecule has 14 heavy (non-hydrogen) atoms. The van der Waals surface area contributed by atoms with Crippen LogP contribution in [0, 0.1) is 20.8 Å². The quantitative estimate of drug-likeness (QED) is 0.705. The molecule has 2 aromatic rings. The first-order valence-corrected chi connectivity index (χ1v) is 7.83. The Bertz CT molecular complexity index is 487. The number of hydrogen-bond acceptors (Lipinski definition) is 1. The Labute approximate surface area is 101 Å². The van der Waals surface area contributed by atoms with Gasteiger partial charge in [0.25, 0.3) is 0 Å². The summed E-state index contributed by atoms with van der Waals surface area (Å²) in [5.74, 6) is 0. The number of benzene rings is 1. The molecule has 0 saturated carbocycles. The predicted octanol–water partition coefficient (Wildman–Crippen LogP) is 4.41. The Balaban J connectivity index is 2.82. The van der Waals surface area contributed by atoms with Gasteiger partial charge in [0, 0.05) is 41.4 Å². The van der Waals surface area contributed by atoms with E-state index in [4.69, 9.17) is 0 Å². The molecule has 0 unspecified atom stereocenters. The van der Waals surface area contributed by atoms with Crippen molar-refractivity contribution in [3.63, 3.8) is 0 Å². The van der Waals surface area contributed by atoms with Crippen LogP contribution in [0.1, 0.15) is 16.8 Å². The van der Waals surface area contributed by atoms with E-state index >= 15 is 0 Å². The molecule has 0 fully saturated rings. The molecule has 0 aliphatic rings. The molecule has 0 aliphatic carbocycles.